The summed E-state index contributed by atoms with van der Waals surface area (Å²) in [4.78, 5) is 7.31. The number of nitrogens with two attached hydrogens (primary N) is 1. The lowest BCUT2D eigenvalue weighted by molar-refractivity contribution is -0.141. The fourth-order valence-electron chi connectivity index (χ4n) is 2.05. The third kappa shape index (κ3) is 3.97. The summed E-state index contributed by atoms with van der Waals surface area (Å²) in [7, 11) is 0. The molecule has 0 aromatic carbocycles. The molecule has 0 atom stereocenters. The van der Waals surface area contributed by atoms with E-state index in [0.717, 1.165) is 31.7 Å². The number of hydrogen-bond donors (Lipinski definition) is 2. The second-order valence-corrected chi connectivity index (χ2v) is 5.76. The Labute approximate surface area is 113 Å². The van der Waals surface area contributed by atoms with Crippen molar-refractivity contribution in [3.63, 3.8) is 0 Å². The lowest BCUT2D eigenvalue weighted by atomic mass is 10.0. The summed E-state index contributed by atoms with van der Waals surface area (Å²) in [6, 6.07) is 0.986. The van der Waals surface area contributed by atoms with Crippen LogP contribution in [0, 0.1) is 0 Å². The molecule has 0 saturated heterocycles. The molecule has 0 spiro atoms. The molecule has 8 heteroatoms. The molecular formula is C11H15F3N4S. The van der Waals surface area contributed by atoms with Gasteiger partial charge in [0.05, 0.1) is 0 Å². The van der Waals surface area contributed by atoms with Crippen LogP contribution in [0.3, 0.4) is 0 Å². The fourth-order valence-corrected chi connectivity index (χ4v) is 3.28. The van der Waals surface area contributed by atoms with Crippen LogP contribution >= 0.6 is 11.8 Å². The normalized spacial score (nSPS) is 17.5. The topological polar surface area (TPSA) is 63.8 Å². The third-order valence-corrected chi connectivity index (χ3v) is 4.22. The van der Waals surface area contributed by atoms with Gasteiger partial charge in [-0.05, 0) is 12.8 Å². The van der Waals surface area contributed by atoms with Crippen molar-refractivity contribution in [2.45, 2.75) is 48.6 Å². The maximum atomic E-state index is 12.7. The molecular weight excluding hydrogens is 277 g/mol. The smallest absolute Gasteiger partial charge is 0.292 e. The SMILES string of the molecule is NNc1nc(SC2CCCCC2)cc(C(F)(F)F)n1. The third-order valence-electron chi connectivity index (χ3n) is 2.96. The Morgan fingerprint density at radius 3 is 2.47 bits per heavy atom. The van der Waals surface area contributed by atoms with Crippen molar-refractivity contribution in [1.82, 2.24) is 9.97 Å². The van der Waals surface area contributed by atoms with Gasteiger partial charge >= 0.3 is 6.18 Å². The van der Waals surface area contributed by atoms with Crippen LogP contribution in [0.15, 0.2) is 11.1 Å². The van der Waals surface area contributed by atoms with Crippen molar-refractivity contribution in [3.8, 4) is 0 Å². The highest BCUT2D eigenvalue weighted by Gasteiger charge is 2.34. The van der Waals surface area contributed by atoms with E-state index in [-0.39, 0.29) is 5.95 Å². The number of nitrogen functional groups attached to an aromatic ring is 1. The van der Waals surface area contributed by atoms with Crippen molar-refractivity contribution >= 4 is 17.7 Å². The highest BCUT2D eigenvalue weighted by molar-refractivity contribution is 7.99. The maximum Gasteiger partial charge on any atom is 0.433 e. The van der Waals surface area contributed by atoms with Crippen molar-refractivity contribution in [3.05, 3.63) is 11.8 Å². The molecule has 2 rings (SSSR count). The van der Waals surface area contributed by atoms with Crippen LogP contribution in [0.25, 0.3) is 0 Å². The van der Waals surface area contributed by atoms with Gasteiger partial charge < -0.3 is 0 Å². The first-order chi connectivity index (χ1) is 8.99. The van der Waals surface area contributed by atoms with Gasteiger partial charge in [0.1, 0.15) is 5.03 Å². The molecule has 1 fully saturated rings. The number of anilines is 1. The van der Waals surface area contributed by atoms with Crippen LogP contribution in [-0.2, 0) is 6.18 Å². The van der Waals surface area contributed by atoms with Crippen LogP contribution in [0.2, 0.25) is 0 Å². The second-order valence-electron chi connectivity index (χ2n) is 4.43. The molecule has 0 bridgehead atoms. The van der Waals surface area contributed by atoms with E-state index in [9.17, 15) is 13.2 Å². The Kier molecular flexibility index (Phi) is 4.51. The van der Waals surface area contributed by atoms with Gasteiger partial charge in [0.15, 0.2) is 5.69 Å². The van der Waals surface area contributed by atoms with E-state index in [0.29, 0.717) is 10.3 Å². The van der Waals surface area contributed by atoms with Gasteiger partial charge in [0.25, 0.3) is 0 Å². The van der Waals surface area contributed by atoms with Gasteiger partial charge in [-0.2, -0.15) is 13.2 Å². The van der Waals surface area contributed by atoms with Gasteiger partial charge in [0.2, 0.25) is 5.95 Å². The lowest BCUT2D eigenvalue weighted by Gasteiger charge is -2.20. The monoisotopic (exact) mass is 292 g/mol. The first kappa shape index (κ1) is 14.4. The zero-order valence-electron chi connectivity index (χ0n) is 10.2. The number of thioether (sulfide) groups is 1. The van der Waals surface area contributed by atoms with Crippen molar-refractivity contribution in [1.29, 1.82) is 0 Å². The first-order valence-corrected chi connectivity index (χ1v) is 6.96. The molecule has 0 unspecified atom stereocenters. The van der Waals surface area contributed by atoms with Gasteiger partial charge in [-0.25, -0.2) is 15.8 Å². The Morgan fingerprint density at radius 1 is 1.21 bits per heavy atom. The molecule has 1 saturated carbocycles. The Hall–Kier alpha value is -1.02. The Balaban J connectivity index is 2.19. The van der Waals surface area contributed by atoms with Crippen LogP contribution in [-0.4, -0.2) is 15.2 Å². The summed E-state index contributed by atoms with van der Waals surface area (Å²) in [5.41, 5.74) is 1.12. The summed E-state index contributed by atoms with van der Waals surface area (Å²) >= 11 is 1.38. The molecule has 1 aromatic rings. The van der Waals surface area contributed by atoms with E-state index in [1.807, 2.05) is 0 Å². The predicted molar refractivity (Wildman–Crippen MR) is 67.6 cm³/mol. The molecule has 1 aliphatic carbocycles. The van der Waals surface area contributed by atoms with Crippen molar-refractivity contribution < 1.29 is 13.2 Å². The minimum absolute atomic E-state index is 0.201. The molecule has 3 N–H and O–H groups in total. The van der Waals surface area contributed by atoms with E-state index >= 15 is 0 Å². The highest BCUT2D eigenvalue weighted by atomic mass is 32.2. The predicted octanol–water partition coefficient (Wildman–Crippen LogP) is 3.21. The summed E-state index contributed by atoms with van der Waals surface area (Å²) in [6.45, 7) is 0. The van der Waals surface area contributed by atoms with Gasteiger partial charge in [-0.3, -0.25) is 5.43 Å². The van der Waals surface area contributed by atoms with Gasteiger partial charge in [-0.15, -0.1) is 11.8 Å². The Morgan fingerprint density at radius 2 is 1.89 bits per heavy atom. The lowest BCUT2D eigenvalue weighted by Crippen LogP contribution is -2.16. The number of hydrazine groups is 1. The maximum absolute atomic E-state index is 12.7. The molecule has 106 valence electrons. The minimum atomic E-state index is -4.49. The number of hydrogen-bond acceptors (Lipinski definition) is 5. The average molecular weight is 292 g/mol. The molecule has 1 heterocycles. The average Bonchev–Trinajstić information content (AvgIpc) is 2.38. The summed E-state index contributed by atoms with van der Waals surface area (Å²) in [5.74, 6) is 4.91. The van der Waals surface area contributed by atoms with Crippen LogP contribution < -0.4 is 11.3 Å². The standard InChI is InChI=1S/C11H15F3N4S/c12-11(13,14)8-6-9(17-10(16-8)18-15)19-7-4-2-1-3-5-7/h6-7H,1-5,15H2,(H,16,17,18). The molecule has 1 aromatic heterocycles. The summed E-state index contributed by atoms with van der Waals surface area (Å²) < 4.78 is 38.1. The van der Waals surface area contributed by atoms with E-state index in [1.54, 1.807) is 0 Å². The Bertz CT molecular complexity index is 432. The molecule has 4 nitrogen and oxygen atoms in total. The molecule has 0 radical (unpaired) electrons. The van der Waals surface area contributed by atoms with Crippen molar-refractivity contribution in [2.75, 3.05) is 5.43 Å². The number of nitrogens with zero attached hydrogens (tertiary/aromatic N) is 2. The summed E-state index contributed by atoms with van der Waals surface area (Å²) in [6.07, 6.45) is 0.983. The summed E-state index contributed by atoms with van der Waals surface area (Å²) in [5, 5.41) is 0.650. The number of aromatic nitrogens is 2. The van der Waals surface area contributed by atoms with Gasteiger partial charge in [-0.1, -0.05) is 19.3 Å². The molecule has 1 aliphatic rings. The molecule has 0 amide bonds. The molecule has 0 aliphatic heterocycles. The largest absolute Gasteiger partial charge is 0.433 e. The highest BCUT2D eigenvalue weighted by Crippen LogP contribution is 2.35. The quantitative estimate of drug-likeness (QED) is 0.509. The number of rotatable bonds is 3. The number of halogens is 3. The number of nitrogens with one attached hydrogen (secondary N) is 1. The van der Waals surface area contributed by atoms with E-state index in [4.69, 9.17) is 5.84 Å². The second kappa shape index (κ2) is 5.96. The van der Waals surface area contributed by atoms with E-state index < -0.39 is 11.9 Å². The zero-order chi connectivity index (χ0) is 13.9. The van der Waals surface area contributed by atoms with E-state index in [2.05, 4.69) is 15.4 Å². The van der Waals surface area contributed by atoms with Crippen LogP contribution in [0.1, 0.15) is 37.8 Å². The molecule has 19 heavy (non-hydrogen) atoms. The van der Waals surface area contributed by atoms with Crippen LogP contribution in [0.4, 0.5) is 19.1 Å². The fraction of sp³-hybridized carbons (Fsp3) is 0.636. The first-order valence-electron chi connectivity index (χ1n) is 6.08. The van der Waals surface area contributed by atoms with E-state index in [1.165, 1.54) is 18.2 Å². The minimum Gasteiger partial charge on any atom is -0.292 e. The zero-order valence-corrected chi connectivity index (χ0v) is 11.0. The van der Waals surface area contributed by atoms with Crippen LogP contribution in [0.5, 0.6) is 0 Å². The van der Waals surface area contributed by atoms with Crippen molar-refractivity contribution in [2.24, 2.45) is 5.84 Å². The van der Waals surface area contributed by atoms with Gasteiger partial charge in [0, 0.05) is 11.3 Å². The number of alkyl halides is 3.